The number of nitrogens with one attached hydrogen (secondary N) is 1. The third kappa shape index (κ3) is 3.62. The van der Waals surface area contributed by atoms with Gasteiger partial charge >= 0.3 is 6.09 Å². The van der Waals surface area contributed by atoms with Crippen LogP contribution < -0.4 is 5.32 Å². The highest BCUT2D eigenvalue weighted by Gasteiger charge is 2.31. The maximum atomic E-state index is 12.4. The summed E-state index contributed by atoms with van der Waals surface area (Å²) in [5, 5.41) is 3.37. The van der Waals surface area contributed by atoms with Gasteiger partial charge in [-0.1, -0.05) is 0 Å². The second-order valence-corrected chi connectivity index (χ2v) is 5.56. The van der Waals surface area contributed by atoms with Gasteiger partial charge in [0.25, 0.3) is 0 Å². The molecule has 2 unspecified atom stereocenters. The number of carbonyl (C=O) groups excluding carboxylic acids is 2. The minimum atomic E-state index is -0.274. The van der Waals surface area contributed by atoms with Gasteiger partial charge in [-0.25, -0.2) is 4.79 Å². The monoisotopic (exact) mass is 283 g/mol. The van der Waals surface area contributed by atoms with E-state index in [9.17, 15) is 9.59 Å². The van der Waals surface area contributed by atoms with Crippen LogP contribution in [0.5, 0.6) is 0 Å². The van der Waals surface area contributed by atoms with E-state index < -0.39 is 0 Å². The van der Waals surface area contributed by atoms with E-state index in [1.54, 1.807) is 11.8 Å². The molecular formula is C14H25N3O3. The van der Waals surface area contributed by atoms with Crippen molar-refractivity contribution in [2.75, 3.05) is 32.8 Å². The molecule has 0 spiro atoms. The van der Waals surface area contributed by atoms with Crippen molar-refractivity contribution < 1.29 is 14.3 Å². The maximum Gasteiger partial charge on any atom is 0.409 e. The summed E-state index contributed by atoms with van der Waals surface area (Å²) in [6, 6.07) is 0.367. The smallest absolute Gasteiger partial charge is 0.409 e. The van der Waals surface area contributed by atoms with Crippen LogP contribution >= 0.6 is 0 Å². The number of piperidine rings is 1. The summed E-state index contributed by atoms with van der Waals surface area (Å²) < 4.78 is 4.98. The molecule has 2 atom stereocenters. The van der Waals surface area contributed by atoms with E-state index in [4.69, 9.17) is 4.74 Å². The van der Waals surface area contributed by atoms with Gasteiger partial charge in [-0.15, -0.1) is 0 Å². The normalized spacial score (nSPS) is 27.3. The quantitative estimate of drug-likeness (QED) is 0.815. The average molecular weight is 283 g/mol. The van der Waals surface area contributed by atoms with Crippen molar-refractivity contribution in [3.05, 3.63) is 0 Å². The van der Waals surface area contributed by atoms with Gasteiger partial charge in [0.05, 0.1) is 12.6 Å². The van der Waals surface area contributed by atoms with Crippen LogP contribution in [0.15, 0.2) is 0 Å². The fourth-order valence-corrected chi connectivity index (χ4v) is 2.88. The van der Waals surface area contributed by atoms with Gasteiger partial charge in [-0.3, -0.25) is 4.79 Å². The highest BCUT2D eigenvalue weighted by molar-refractivity contribution is 5.82. The van der Waals surface area contributed by atoms with Crippen molar-refractivity contribution in [3.8, 4) is 0 Å². The third-order valence-electron chi connectivity index (χ3n) is 4.03. The Labute approximate surface area is 120 Å². The summed E-state index contributed by atoms with van der Waals surface area (Å²) in [6.45, 7) is 6.64. The van der Waals surface area contributed by atoms with Gasteiger partial charge in [0, 0.05) is 32.2 Å². The van der Waals surface area contributed by atoms with Gasteiger partial charge in [-0.05, 0) is 33.1 Å². The molecule has 0 aromatic carbocycles. The summed E-state index contributed by atoms with van der Waals surface area (Å²) in [6.07, 6.45) is 2.89. The zero-order chi connectivity index (χ0) is 14.5. The summed E-state index contributed by atoms with van der Waals surface area (Å²) >= 11 is 0. The fraction of sp³-hybridized carbons (Fsp3) is 0.857. The van der Waals surface area contributed by atoms with Crippen LogP contribution in [0.1, 0.15) is 33.1 Å². The summed E-state index contributed by atoms with van der Waals surface area (Å²) in [4.78, 5) is 27.6. The van der Waals surface area contributed by atoms with Crippen LogP contribution in [0, 0.1) is 0 Å². The molecule has 6 nitrogen and oxygen atoms in total. The van der Waals surface area contributed by atoms with Gasteiger partial charge in [0.2, 0.25) is 5.91 Å². The van der Waals surface area contributed by atoms with Crippen molar-refractivity contribution in [2.45, 2.75) is 45.2 Å². The Morgan fingerprint density at radius 1 is 1.15 bits per heavy atom. The number of piperazine rings is 1. The highest BCUT2D eigenvalue weighted by atomic mass is 16.6. The van der Waals surface area contributed by atoms with Crippen molar-refractivity contribution in [1.29, 1.82) is 0 Å². The Hall–Kier alpha value is -1.30. The van der Waals surface area contributed by atoms with E-state index in [1.807, 2.05) is 4.90 Å². The SMILES string of the molecule is CCOC(=O)N1CCN(C(=O)C2CCCC(C)N2)CC1. The van der Waals surface area contributed by atoms with Gasteiger partial charge in [0.1, 0.15) is 0 Å². The fourth-order valence-electron chi connectivity index (χ4n) is 2.88. The van der Waals surface area contributed by atoms with E-state index in [0.29, 0.717) is 38.8 Å². The number of ether oxygens (including phenoxy) is 1. The largest absolute Gasteiger partial charge is 0.450 e. The Bertz CT molecular complexity index is 354. The summed E-state index contributed by atoms with van der Waals surface area (Å²) in [5.74, 6) is 0.181. The van der Waals surface area contributed by atoms with Crippen LogP contribution in [0.2, 0.25) is 0 Å². The minimum Gasteiger partial charge on any atom is -0.450 e. The molecule has 0 aliphatic carbocycles. The van der Waals surface area contributed by atoms with E-state index in [1.165, 1.54) is 0 Å². The molecule has 0 radical (unpaired) electrons. The molecule has 2 saturated heterocycles. The van der Waals surface area contributed by atoms with E-state index in [-0.39, 0.29) is 18.0 Å². The molecule has 20 heavy (non-hydrogen) atoms. The van der Waals surface area contributed by atoms with Crippen molar-refractivity contribution >= 4 is 12.0 Å². The first kappa shape index (κ1) is 15.1. The molecule has 0 aromatic rings. The van der Waals surface area contributed by atoms with Crippen LogP contribution in [0.4, 0.5) is 4.79 Å². The molecule has 2 rings (SSSR count). The minimum absolute atomic E-state index is 0.0482. The Morgan fingerprint density at radius 3 is 2.40 bits per heavy atom. The molecule has 2 heterocycles. The zero-order valence-electron chi connectivity index (χ0n) is 12.4. The highest BCUT2D eigenvalue weighted by Crippen LogP contribution is 2.15. The first-order valence-electron chi connectivity index (χ1n) is 7.58. The second kappa shape index (κ2) is 6.92. The predicted octanol–water partition coefficient (Wildman–Crippen LogP) is 0.818. The number of hydrogen-bond donors (Lipinski definition) is 1. The molecule has 114 valence electrons. The first-order chi connectivity index (χ1) is 9.61. The number of hydrogen-bond acceptors (Lipinski definition) is 4. The molecule has 0 aromatic heterocycles. The molecule has 0 saturated carbocycles. The average Bonchev–Trinajstić information content (AvgIpc) is 2.47. The Kier molecular flexibility index (Phi) is 5.23. The van der Waals surface area contributed by atoms with Crippen LogP contribution in [-0.4, -0.2) is 66.7 Å². The van der Waals surface area contributed by atoms with Crippen molar-refractivity contribution in [1.82, 2.24) is 15.1 Å². The first-order valence-corrected chi connectivity index (χ1v) is 7.58. The van der Waals surface area contributed by atoms with Gasteiger partial charge in [0.15, 0.2) is 0 Å². The molecule has 2 amide bonds. The number of nitrogens with zero attached hydrogens (tertiary/aromatic N) is 2. The van der Waals surface area contributed by atoms with E-state index in [0.717, 1.165) is 19.3 Å². The molecule has 6 heteroatoms. The third-order valence-corrected chi connectivity index (χ3v) is 4.03. The number of carbonyl (C=O) groups is 2. The lowest BCUT2D eigenvalue weighted by molar-refractivity contribution is -0.136. The zero-order valence-corrected chi connectivity index (χ0v) is 12.4. The lowest BCUT2D eigenvalue weighted by Crippen LogP contribution is -2.57. The Balaban J connectivity index is 1.81. The molecule has 0 bridgehead atoms. The van der Waals surface area contributed by atoms with Crippen molar-refractivity contribution in [2.24, 2.45) is 0 Å². The van der Waals surface area contributed by atoms with E-state index >= 15 is 0 Å². The topological polar surface area (TPSA) is 61.9 Å². The molecule has 1 N–H and O–H groups in total. The van der Waals surface area contributed by atoms with E-state index in [2.05, 4.69) is 12.2 Å². The lowest BCUT2D eigenvalue weighted by atomic mass is 9.98. The second-order valence-electron chi connectivity index (χ2n) is 5.56. The van der Waals surface area contributed by atoms with Crippen LogP contribution in [0.3, 0.4) is 0 Å². The summed E-state index contributed by atoms with van der Waals surface area (Å²) in [7, 11) is 0. The predicted molar refractivity (Wildman–Crippen MR) is 75.4 cm³/mol. The number of amides is 2. The number of rotatable bonds is 2. The molecular weight excluding hydrogens is 258 g/mol. The molecule has 2 fully saturated rings. The van der Waals surface area contributed by atoms with Gasteiger partial charge < -0.3 is 19.9 Å². The standard InChI is InChI=1S/C14H25N3O3/c1-3-20-14(19)17-9-7-16(8-10-17)13(18)12-6-4-5-11(2)15-12/h11-12,15H,3-10H2,1-2H3. The Morgan fingerprint density at radius 2 is 1.80 bits per heavy atom. The van der Waals surface area contributed by atoms with Crippen LogP contribution in [-0.2, 0) is 9.53 Å². The molecule has 2 aliphatic rings. The van der Waals surface area contributed by atoms with Crippen molar-refractivity contribution in [3.63, 3.8) is 0 Å². The lowest BCUT2D eigenvalue weighted by Gasteiger charge is -2.37. The van der Waals surface area contributed by atoms with Gasteiger partial charge in [-0.2, -0.15) is 0 Å². The molecule has 2 aliphatic heterocycles. The maximum absolute atomic E-state index is 12.4. The van der Waals surface area contributed by atoms with Crippen LogP contribution in [0.25, 0.3) is 0 Å². The summed E-state index contributed by atoms with van der Waals surface area (Å²) in [5.41, 5.74) is 0.